The number of aliphatic imine (C=N–C) groups is 1. The summed E-state index contributed by atoms with van der Waals surface area (Å²) < 4.78 is 0. The molecule has 0 spiro atoms. The maximum absolute atomic E-state index is 10.7. The molecule has 0 atom stereocenters. The van der Waals surface area contributed by atoms with E-state index >= 15 is 0 Å². The summed E-state index contributed by atoms with van der Waals surface area (Å²) in [5, 5.41) is 11.6. The molecule has 1 aromatic rings. The Morgan fingerprint density at radius 3 is 2.40 bits per heavy atom. The van der Waals surface area contributed by atoms with Crippen molar-refractivity contribution in [3.05, 3.63) is 45.4 Å². The molecule has 0 saturated carbocycles. The van der Waals surface area contributed by atoms with Gasteiger partial charge in [0, 0.05) is 24.9 Å². The molecule has 5 nitrogen and oxygen atoms in total. The smallest absolute Gasteiger partial charge is 0.269 e. The molecule has 6 heteroatoms. The third-order valence-electron chi connectivity index (χ3n) is 2.93. The molecular formula is C14H17N3O2S. The van der Waals surface area contributed by atoms with Crippen LogP contribution >= 0.6 is 11.8 Å². The normalized spacial score (nSPS) is 17.2. The minimum Gasteiger partial charge on any atom is -0.324 e. The zero-order valence-corrected chi connectivity index (χ0v) is 12.8. The van der Waals surface area contributed by atoms with Gasteiger partial charge in [0.15, 0.2) is 5.17 Å². The highest BCUT2D eigenvalue weighted by Gasteiger charge is 2.23. The fraction of sp³-hybridized carbons (Fsp3) is 0.357. The van der Waals surface area contributed by atoms with E-state index in [2.05, 4.69) is 26.8 Å². The maximum Gasteiger partial charge on any atom is 0.269 e. The predicted octanol–water partition coefficient (Wildman–Crippen LogP) is 3.82. The number of rotatable bonds is 2. The summed E-state index contributed by atoms with van der Waals surface area (Å²) >= 11 is 1.61. The molecule has 1 aliphatic rings. The number of thioether (sulfide) groups is 1. The standard InChI is InChI=1S/C14H17N3O2S/c1-10-9-14(2,3)15-13(20-10)16(4)11-5-7-12(8-6-11)17(18)19/h5-9H,1-4H3. The van der Waals surface area contributed by atoms with E-state index in [0.29, 0.717) is 0 Å². The van der Waals surface area contributed by atoms with Gasteiger partial charge < -0.3 is 4.90 Å². The van der Waals surface area contributed by atoms with E-state index in [1.807, 2.05) is 11.9 Å². The lowest BCUT2D eigenvalue weighted by molar-refractivity contribution is -0.384. The van der Waals surface area contributed by atoms with Crippen LogP contribution in [-0.2, 0) is 0 Å². The molecule has 106 valence electrons. The number of hydrogen-bond donors (Lipinski definition) is 0. The highest BCUT2D eigenvalue weighted by atomic mass is 32.2. The molecule has 0 radical (unpaired) electrons. The van der Waals surface area contributed by atoms with Crippen LogP contribution in [-0.4, -0.2) is 22.7 Å². The van der Waals surface area contributed by atoms with Crippen molar-refractivity contribution in [1.29, 1.82) is 0 Å². The van der Waals surface area contributed by atoms with Gasteiger partial charge >= 0.3 is 0 Å². The first kappa shape index (κ1) is 14.6. The molecule has 0 amide bonds. The highest BCUT2D eigenvalue weighted by molar-refractivity contribution is 8.17. The van der Waals surface area contributed by atoms with Gasteiger partial charge in [-0.1, -0.05) is 11.8 Å². The summed E-state index contributed by atoms with van der Waals surface area (Å²) in [6, 6.07) is 6.49. The number of amidine groups is 1. The van der Waals surface area contributed by atoms with Crippen LogP contribution < -0.4 is 4.90 Å². The van der Waals surface area contributed by atoms with Crippen LogP contribution in [0.1, 0.15) is 20.8 Å². The number of non-ortho nitro benzene ring substituents is 1. The first-order chi connectivity index (χ1) is 9.28. The summed E-state index contributed by atoms with van der Waals surface area (Å²) in [7, 11) is 1.92. The second-order valence-electron chi connectivity index (χ2n) is 5.24. The summed E-state index contributed by atoms with van der Waals surface area (Å²) in [6.07, 6.45) is 2.13. The van der Waals surface area contributed by atoms with E-state index < -0.39 is 4.92 Å². The molecule has 0 bridgehead atoms. The lowest BCUT2D eigenvalue weighted by Gasteiger charge is -2.29. The van der Waals surface area contributed by atoms with Crippen molar-refractivity contribution >= 4 is 28.3 Å². The summed E-state index contributed by atoms with van der Waals surface area (Å²) in [5.74, 6) is 0. The first-order valence-electron chi connectivity index (χ1n) is 6.24. The Labute approximate surface area is 122 Å². The zero-order valence-electron chi connectivity index (χ0n) is 12.0. The number of nitrogens with zero attached hydrogens (tertiary/aromatic N) is 3. The van der Waals surface area contributed by atoms with Crippen LogP contribution in [0.2, 0.25) is 0 Å². The van der Waals surface area contributed by atoms with E-state index in [4.69, 9.17) is 4.99 Å². The number of anilines is 1. The second-order valence-corrected chi connectivity index (χ2v) is 6.45. The Balaban J connectivity index is 2.25. The average Bonchev–Trinajstić information content (AvgIpc) is 2.35. The molecule has 2 rings (SSSR count). The SMILES string of the molecule is CC1=CC(C)(C)N=C(N(C)c2ccc([N+](=O)[O-])cc2)S1. The molecule has 0 aromatic heterocycles. The van der Waals surface area contributed by atoms with Crippen LogP contribution in [0, 0.1) is 10.1 Å². The Bertz CT molecular complexity index is 591. The van der Waals surface area contributed by atoms with Gasteiger partial charge in [0.25, 0.3) is 5.69 Å². The van der Waals surface area contributed by atoms with Crippen molar-refractivity contribution in [2.45, 2.75) is 26.3 Å². The monoisotopic (exact) mass is 291 g/mol. The van der Waals surface area contributed by atoms with Crippen molar-refractivity contribution in [2.24, 2.45) is 4.99 Å². The molecule has 0 aliphatic carbocycles. The van der Waals surface area contributed by atoms with Crippen molar-refractivity contribution in [2.75, 3.05) is 11.9 Å². The Kier molecular flexibility index (Phi) is 3.85. The highest BCUT2D eigenvalue weighted by Crippen LogP contribution is 2.32. The number of nitro benzene ring substituents is 1. The number of hydrogen-bond acceptors (Lipinski definition) is 5. The van der Waals surface area contributed by atoms with Crippen molar-refractivity contribution < 1.29 is 4.92 Å². The van der Waals surface area contributed by atoms with Crippen molar-refractivity contribution in [3.63, 3.8) is 0 Å². The molecule has 1 aromatic carbocycles. The van der Waals surface area contributed by atoms with Crippen LogP contribution in [0.5, 0.6) is 0 Å². The van der Waals surface area contributed by atoms with Crippen molar-refractivity contribution in [1.82, 2.24) is 0 Å². The second kappa shape index (κ2) is 5.28. The van der Waals surface area contributed by atoms with E-state index in [1.54, 1.807) is 23.9 Å². The van der Waals surface area contributed by atoms with Crippen LogP contribution in [0.4, 0.5) is 11.4 Å². The molecule has 20 heavy (non-hydrogen) atoms. The van der Waals surface area contributed by atoms with E-state index in [1.165, 1.54) is 17.0 Å². The zero-order chi connectivity index (χ0) is 14.9. The number of nitro groups is 1. The Morgan fingerprint density at radius 1 is 1.30 bits per heavy atom. The van der Waals surface area contributed by atoms with Gasteiger partial charge in [0.1, 0.15) is 0 Å². The van der Waals surface area contributed by atoms with Gasteiger partial charge in [-0.3, -0.25) is 15.1 Å². The summed E-state index contributed by atoms with van der Waals surface area (Å²) in [5.41, 5.74) is 0.754. The third kappa shape index (κ3) is 3.19. The molecule has 0 fully saturated rings. The average molecular weight is 291 g/mol. The van der Waals surface area contributed by atoms with Crippen LogP contribution in [0.3, 0.4) is 0 Å². The maximum atomic E-state index is 10.7. The predicted molar refractivity (Wildman–Crippen MR) is 84.4 cm³/mol. The molecule has 0 unspecified atom stereocenters. The Hall–Kier alpha value is -1.82. The molecule has 1 heterocycles. The molecule has 1 aliphatic heterocycles. The topological polar surface area (TPSA) is 58.7 Å². The van der Waals surface area contributed by atoms with Crippen molar-refractivity contribution in [3.8, 4) is 0 Å². The molecule has 0 saturated heterocycles. The number of benzene rings is 1. The molecule has 0 N–H and O–H groups in total. The number of allylic oxidation sites excluding steroid dienone is 1. The van der Waals surface area contributed by atoms with Gasteiger partial charge in [-0.15, -0.1) is 0 Å². The summed E-state index contributed by atoms with van der Waals surface area (Å²) in [4.78, 5) is 18.1. The fourth-order valence-corrected chi connectivity index (χ4v) is 3.18. The lowest BCUT2D eigenvalue weighted by Crippen LogP contribution is -2.30. The fourth-order valence-electron chi connectivity index (χ4n) is 2.02. The summed E-state index contributed by atoms with van der Waals surface area (Å²) in [6.45, 7) is 6.17. The quantitative estimate of drug-likeness (QED) is 0.614. The minimum absolute atomic E-state index is 0.0943. The lowest BCUT2D eigenvalue weighted by atomic mass is 10.1. The van der Waals surface area contributed by atoms with E-state index in [0.717, 1.165) is 10.9 Å². The van der Waals surface area contributed by atoms with Gasteiger partial charge in [-0.05, 0) is 43.9 Å². The van der Waals surface area contributed by atoms with E-state index in [-0.39, 0.29) is 11.2 Å². The van der Waals surface area contributed by atoms with Gasteiger partial charge in [-0.2, -0.15) is 0 Å². The van der Waals surface area contributed by atoms with Gasteiger partial charge in [0.05, 0.1) is 10.5 Å². The minimum atomic E-state index is -0.396. The molecular weight excluding hydrogens is 274 g/mol. The largest absolute Gasteiger partial charge is 0.324 e. The first-order valence-corrected chi connectivity index (χ1v) is 7.05. The van der Waals surface area contributed by atoms with Crippen LogP contribution in [0.15, 0.2) is 40.2 Å². The van der Waals surface area contributed by atoms with Gasteiger partial charge in [-0.25, -0.2) is 0 Å². The van der Waals surface area contributed by atoms with Crippen LogP contribution in [0.25, 0.3) is 0 Å². The third-order valence-corrected chi connectivity index (χ3v) is 3.91. The van der Waals surface area contributed by atoms with Gasteiger partial charge in [0.2, 0.25) is 0 Å². The Morgan fingerprint density at radius 2 is 1.90 bits per heavy atom. The van der Waals surface area contributed by atoms with E-state index in [9.17, 15) is 10.1 Å².